The molecule has 0 aliphatic heterocycles. The van der Waals surface area contributed by atoms with Crippen molar-refractivity contribution in [1.82, 2.24) is 19.7 Å². The smallest absolute Gasteiger partial charge is 0.243 e. The molecule has 1 aromatic carbocycles. The standard InChI is InChI=1S/C28H37N7O6S/c1-17(2)16-30-26(29-6)25(41-18(3)4)19(5)42(36,37)34-28-33-32-27(20-12-10-15-23(31-20)40-9)35(28)24-21(38-7)13-11-14-22(24)39-8/h10-16,18-19,25H,6H2,1-5,7-9H3,(H,33,34)/b30-26-/t19-,25-/m0/s1. The van der Waals surface area contributed by atoms with Gasteiger partial charge in [0.1, 0.15) is 34.2 Å². The lowest BCUT2D eigenvalue weighted by molar-refractivity contribution is 0.0459. The van der Waals surface area contributed by atoms with Crippen molar-refractivity contribution in [2.24, 2.45) is 9.98 Å². The quantitative estimate of drug-likeness (QED) is 0.224. The van der Waals surface area contributed by atoms with E-state index in [1.807, 2.05) is 13.8 Å². The van der Waals surface area contributed by atoms with Gasteiger partial charge in [-0.1, -0.05) is 17.7 Å². The predicted octanol–water partition coefficient (Wildman–Crippen LogP) is 4.30. The first-order chi connectivity index (χ1) is 20.0. The molecule has 2 atom stereocenters. The van der Waals surface area contributed by atoms with Crippen molar-refractivity contribution >= 4 is 28.5 Å². The van der Waals surface area contributed by atoms with Crippen LogP contribution in [0.1, 0.15) is 34.6 Å². The second kappa shape index (κ2) is 14.0. The Kier molecular flexibility index (Phi) is 10.8. The summed E-state index contributed by atoms with van der Waals surface area (Å²) < 4.78 is 54.4. The maximum atomic E-state index is 13.9. The summed E-state index contributed by atoms with van der Waals surface area (Å²) in [7, 11) is 0.248. The number of nitrogens with one attached hydrogen (secondary N) is 1. The number of para-hydroxylation sites is 1. The highest BCUT2D eigenvalue weighted by Gasteiger charge is 2.36. The number of nitrogens with zero attached hydrogens (tertiary/aromatic N) is 6. The molecule has 0 radical (unpaired) electrons. The molecule has 0 fully saturated rings. The van der Waals surface area contributed by atoms with Gasteiger partial charge in [0.25, 0.3) is 0 Å². The Morgan fingerprint density at radius 1 is 1.00 bits per heavy atom. The van der Waals surface area contributed by atoms with Crippen molar-refractivity contribution in [2.45, 2.75) is 52.1 Å². The number of sulfonamides is 1. The zero-order chi connectivity index (χ0) is 31.0. The summed E-state index contributed by atoms with van der Waals surface area (Å²) >= 11 is 0. The molecule has 0 aliphatic rings. The SMILES string of the molecule is C=N/C(=N\C=C(C)C)[C@@H](OC(C)C)[C@H](C)S(=O)(=O)Nc1nnc(-c2cccc(OC)n2)n1-c1c(OC)cccc1OC. The molecule has 0 aliphatic carbocycles. The van der Waals surface area contributed by atoms with Gasteiger partial charge in [0, 0.05) is 12.3 Å². The van der Waals surface area contributed by atoms with Gasteiger partial charge in [-0.15, -0.1) is 10.2 Å². The third-order valence-corrected chi connectivity index (χ3v) is 7.58. The van der Waals surface area contributed by atoms with E-state index in [0.29, 0.717) is 28.8 Å². The van der Waals surface area contributed by atoms with E-state index < -0.39 is 21.4 Å². The topological polar surface area (TPSA) is 151 Å². The van der Waals surface area contributed by atoms with Crippen LogP contribution < -0.4 is 18.9 Å². The summed E-state index contributed by atoms with van der Waals surface area (Å²) in [4.78, 5) is 12.8. The number of aliphatic imine (C=N–C) groups is 2. The predicted molar refractivity (Wildman–Crippen MR) is 163 cm³/mol. The fourth-order valence-corrected chi connectivity index (χ4v) is 4.97. The van der Waals surface area contributed by atoms with Gasteiger partial charge >= 0.3 is 0 Å². The molecule has 13 nitrogen and oxygen atoms in total. The van der Waals surface area contributed by atoms with Gasteiger partial charge in [-0.2, -0.15) is 0 Å². The fraction of sp³-hybridized carbons (Fsp3) is 0.393. The van der Waals surface area contributed by atoms with Crippen molar-refractivity contribution in [3.8, 4) is 34.6 Å². The van der Waals surface area contributed by atoms with E-state index in [0.717, 1.165) is 5.57 Å². The van der Waals surface area contributed by atoms with Crippen LogP contribution in [0.4, 0.5) is 5.95 Å². The third-order valence-electron chi connectivity index (χ3n) is 5.89. The Balaban J connectivity index is 2.22. The first kappa shape index (κ1) is 32.2. The number of pyridine rings is 1. The second-order valence-corrected chi connectivity index (χ2v) is 11.6. The number of benzene rings is 1. The summed E-state index contributed by atoms with van der Waals surface area (Å²) in [6, 6.07) is 10.3. The summed E-state index contributed by atoms with van der Waals surface area (Å²) in [6.45, 7) is 12.4. The molecule has 0 spiro atoms. The highest BCUT2D eigenvalue weighted by atomic mass is 32.2. The largest absolute Gasteiger partial charge is 0.494 e. The van der Waals surface area contributed by atoms with Crippen LogP contribution in [0.25, 0.3) is 17.2 Å². The van der Waals surface area contributed by atoms with Crippen LogP contribution in [0, 0.1) is 0 Å². The van der Waals surface area contributed by atoms with Crippen LogP contribution in [0.2, 0.25) is 0 Å². The normalized spacial score (nSPS) is 13.3. The van der Waals surface area contributed by atoms with E-state index >= 15 is 0 Å². The average Bonchev–Trinajstić information content (AvgIpc) is 3.37. The number of allylic oxidation sites excluding steroid dienone is 1. The van der Waals surface area contributed by atoms with Crippen molar-refractivity contribution in [3.63, 3.8) is 0 Å². The van der Waals surface area contributed by atoms with Gasteiger partial charge in [0.05, 0.1) is 27.4 Å². The number of methoxy groups -OCH3 is 3. The first-order valence-electron chi connectivity index (χ1n) is 13.0. The van der Waals surface area contributed by atoms with E-state index in [2.05, 4.69) is 36.6 Å². The molecule has 42 heavy (non-hydrogen) atoms. The Morgan fingerprint density at radius 3 is 2.19 bits per heavy atom. The van der Waals surface area contributed by atoms with Gasteiger partial charge in [-0.25, -0.2) is 23.4 Å². The van der Waals surface area contributed by atoms with Gasteiger partial charge < -0.3 is 18.9 Å². The van der Waals surface area contributed by atoms with Gasteiger partial charge in [-0.3, -0.25) is 9.29 Å². The van der Waals surface area contributed by atoms with Crippen molar-refractivity contribution in [3.05, 3.63) is 48.2 Å². The van der Waals surface area contributed by atoms with Gasteiger partial charge in [0.2, 0.25) is 21.9 Å². The summed E-state index contributed by atoms with van der Waals surface area (Å²) in [5.74, 6) is 1.27. The molecule has 2 aromatic heterocycles. The highest BCUT2D eigenvalue weighted by molar-refractivity contribution is 7.93. The van der Waals surface area contributed by atoms with Gasteiger partial charge in [0.15, 0.2) is 11.7 Å². The van der Waals surface area contributed by atoms with E-state index in [1.165, 1.54) is 32.8 Å². The molecule has 3 aromatic rings. The number of hydrogen-bond acceptors (Lipinski definition) is 10. The number of aromatic nitrogens is 4. The molecule has 3 rings (SSSR count). The van der Waals surface area contributed by atoms with Crippen LogP contribution in [-0.2, 0) is 14.8 Å². The number of hydrogen-bond donors (Lipinski definition) is 1. The minimum absolute atomic E-state index is 0.122. The molecule has 1 N–H and O–H groups in total. The summed E-state index contributed by atoms with van der Waals surface area (Å²) in [5, 5.41) is 7.31. The van der Waals surface area contributed by atoms with Crippen molar-refractivity contribution < 1.29 is 27.4 Å². The lowest BCUT2D eigenvalue weighted by Gasteiger charge is -2.26. The lowest BCUT2D eigenvalue weighted by Crippen LogP contribution is -2.43. The van der Waals surface area contributed by atoms with Crippen LogP contribution in [0.5, 0.6) is 17.4 Å². The molecule has 2 heterocycles. The molecular formula is C28H37N7O6S. The van der Waals surface area contributed by atoms with E-state index in [4.69, 9.17) is 18.9 Å². The van der Waals surface area contributed by atoms with E-state index in [1.54, 1.807) is 56.4 Å². The maximum Gasteiger partial charge on any atom is 0.243 e. The van der Waals surface area contributed by atoms with Gasteiger partial charge in [-0.05, 0) is 59.5 Å². The maximum absolute atomic E-state index is 13.9. The number of ether oxygens (including phenoxy) is 4. The fourth-order valence-electron chi connectivity index (χ4n) is 3.89. The number of anilines is 1. The molecule has 0 amide bonds. The summed E-state index contributed by atoms with van der Waals surface area (Å²) in [6.07, 6.45) is 0.191. The van der Waals surface area contributed by atoms with Crippen LogP contribution in [0.15, 0.2) is 58.2 Å². The monoisotopic (exact) mass is 599 g/mol. The number of rotatable bonds is 13. The van der Waals surface area contributed by atoms with Crippen LogP contribution >= 0.6 is 0 Å². The molecule has 226 valence electrons. The molecule has 14 heteroatoms. The van der Waals surface area contributed by atoms with Crippen molar-refractivity contribution in [1.29, 1.82) is 0 Å². The zero-order valence-corrected chi connectivity index (χ0v) is 25.8. The molecule has 0 bridgehead atoms. The second-order valence-electron chi connectivity index (χ2n) is 9.57. The Labute approximate surface area is 246 Å². The Hall–Kier alpha value is -4.30. The first-order valence-corrected chi connectivity index (χ1v) is 14.5. The summed E-state index contributed by atoms with van der Waals surface area (Å²) in [5.41, 5.74) is 1.61. The molecule has 0 saturated heterocycles. The third kappa shape index (κ3) is 7.31. The lowest BCUT2D eigenvalue weighted by atomic mass is 10.2. The van der Waals surface area contributed by atoms with Crippen LogP contribution in [-0.4, -0.2) is 79.5 Å². The van der Waals surface area contributed by atoms with E-state index in [9.17, 15) is 8.42 Å². The minimum Gasteiger partial charge on any atom is -0.494 e. The van der Waals surface area contributed by atoms with Crippen molar-refractivity contribution in [2.75, 3.05) is 26.1 Å². The Bertz CT molecular complexity index is 1540. The zero-order valence-electron chi connectivity index (χ0n) is 25.0. The molecular weight excluding hydrogens is 562 g/mol. The highest BCUT2D eigenvalue weighted by Crippen LogP contribution is 2.37. The minimum atomic E-state index is -4.22. The Morgan fingerprint density at radius 2 is 1.64 bits per heavy atom. The molecule has 0 saturated carbocycles. The average molecular weight is 600 g/mol. The molecule has 0 unspecified atom stereocenters. The number of amidine groups is 1. The van der Waals surface area contributed by atoms with E-state index in [-0.39, 0.29) is 23.7 Å². The van der Waals surface area contributed by atoms with Crippen LogP contribution in [0.3, 0.4) is 0 Å².